The highest BCUT2D eigenvalue weighted by Gasteiger charge is 2.03. The summed E-state index contributed by atoms with van der Waals surface area (Å²) in [5.74, 6) is 0. The molecule has 12 heavy (non-hydrogen) atoms. The molecule has 1 aromatic rings. The predicted molar refractivity (Wildman–Crippen MR) is 59.3 cm³/mol. The van der Waals surface area contributed by atoms with Gasteiger partial charge in [-0.15, -0.1) is 12.4 Å². The van der Waals surface area contributed by atoms with Crippen LogP contribution in [-0.2, 0) is 6.54 Å². The van der Waals surface area contributed by atoms with E-state index >= 15 is 0 Å². The van der Waals surface area contributed by atoms with E-state index in [2.05, 4.69) is 15.9 Å². The van der Waals surface area contributed by atoms with Gasteiger partial charge >= 0.3 is 0 Å². The minimum atomic E-state index is 0. The van der Waals surface area contributed by atoms with Crippen LogP contribution in [0.3, 0.4) is 0 Å². The molecule has 0 heterocycles. The van der Waals surface area contributed by atoms with Gasteiger partial charge in [-0.05, 0) is 33.6 Å². The van der Waals surface area contributed by atoms with E-state index in [0.29, 0.717) is 16.6 Å². The molecule has 0 saturated carbocycles. The largest absolute Gasteiger partial charge is 0.326 e. The lowest BCUT2D eigenvalue weighted by Gasteiger charge is -2.02. The summed E-state index contributed by atoms with van der Waals surface area (Å²) in [4.78, 5) is 0. The Bertz CT molecular complexity index is 254. The standard InChI is InChI=1S/C7H6BrCl2N.ClH/c8-7-5(9)1-4(3-11)2-6(7)10;/h1-2H,3,11H2;1H. The first-order chi connectivity index (χ1) is 5.15. The van der Waals surface area contributed by atoms with Crippen LogP contribution in [0.2, 0.25) is 10.0 Å². The maximum Gasteiger partial charge on any atom is 0.0566 e. The molecule has 2 N–H and O–H groups in total. The zero-order valence-corrected chi connectivity index (χ0v) is 9.90. The van der Waals surface area contributed by atoms with Gasteiger partial charge < -0.3 is 5.73 Å². The van der Waals surface area contributed by atoms with Crippen LogP contribution in [0.1, 0.15) is 5.56 Å². The van der Waals surface area contributed by atoms with Crippen LogP contribution in [0, 0.1) is 0 Å². The highest BCUT2D eigenvalue weighted by Crippen LogP contribution is 2.31. The number of hydrogen-bond donors (Lipinski definition) is 1. The molecule has 68 valence electrons. The van der Waals surface area contributed by atoms with Gasteiger partial charge in [-0.1, -0.05) is 23.2 Å². The Labute approximate surface area is 95.8 Å². The second kappa shape index (κ2) is 5.30. The van der Waals surface area contributed by atoms with E-state index in [9.17, 15) is 0 Å². The van der Waals surface area contributed by atoms with Crippen molar-refractivity contribution in [2.24, 2.45) is 5.73 Å². The predicted octanol–water partition coefficient (Wildman–Crippen LogP) is 3.64. The van der Waals surface area contributed by atoms with Gasteiger partial charge in [-0.3, -0.25) is 0 Å². The van der Waals surface area contributed by atoms with Crippen LogP contribution in [-0.4, -0.2) is 0 Å². The minimum absolute atomic E-state index is 0. The van der Waals surface area contributed by atoms with Crippen molar-refractivity contribution >= 4 is 51.5 Å². The van der Waals surface area contributed by atoms with Crippen molar-refractivity contribution in [3.63, 3.8) is 0 Å². The summed E-state index contributed by atoms with van der Waals surface area (Å²) in [5.41, 5.74) is 6.34. The van der Waals surface area contributed by atoms with E-state index in [0.717, 1.165) is 10.0 Å². The summed E-state index contributed by atoms with van der Waals surface area (Å²) in [7, 11) is 0. The highest BCUT2D eigenvalue weighted by atomic mass is 79.9. The third-order valence-electron chi connectivity index (χ3n) is 1.28. The van der Waals surface area contributed by atoms with E-state index in [-0.39, 0.29) is 12.4 Å². The van der Waals surface area contributed by atoms with Crippen LogP contribution < -0.4 is 5.73 Å². The molecule has 1 rings (SSSR count). The Morgan fingerprint density at radius 2 is 1.67 bits per heavy atom. The van der Waals surface area contributed by atoms with Crippen molar-refractivity contribution in [3.05, 3.63) is 32.2 Å². The first-order valence-corrected chi connectivity index (χ1v) is 4.53. The van der Waals surface area contributed by atoms with Gasteiger partial charge in [0.15, 0.2) is 0 Å². The molecule has 0 saturated heterocycles. The van der Waals surface area contributed by atoms with Gasteiger partial charge in [0.1, 0.15) is 0 Å². The van der Waals surface area contributed by atoms with Crippen LogP contribution in [0.25, 0.3) is 0 Å². The van der Waals surface area contributed by atoms with Crippen LogP contribution in [0.5, 0.6) is 0 Å². The monoisotopic (exact) mass is 289 g/mol. The molecule has 0 aliphatic carbocycles. The lowest BCUT2D eigenvalue weighted by Crippen LogP contribution is -1.95. The topological polar surface area (TPSA) is 26.0 Å². The summed E-state index contributed by atoms with van der Waals surface area (Å²) < 4.78 is 0.720. The maximum atomic E-state index is 5.81. The average molecular weight is 291 g/mol. The van der Waals surface area contributed by atoms with Crippen molar-refractivity contribution in [1.29, 1.82) is 0 Å². The van der Waals surface area contributed by atoms with E-state index < -0.39 is 0 Å². The Balaban J connectivity index is 0.00000121. The molecular weight excluding hydrogens is 284 g/mol. The molecule has 0 aliphatic heterocycles. The molecule has 0 bridgehead atoms. The molecule has 0 amide bonds. The first kappa shape index (κ1) is 12.5. The number of rotatable bonds is 1. The third-order valence-corrected chi connectivity index (χ3v) is 3.19. The minimum Gasteiger partial charge on any atom is -0.326 e. The highest BCUT2D eigenvalue weighted by molar-refractivity contribution is 9.10. The van der Waals surface area contributed by atoms with Crippen LogP contribution in [0.4, 0.5) is 0 Å². The quantitative estimate of drug-likeness (QED) is 0.786. The normalized spacial score (nSPS) is 9.33. The van der Waals surface area contributed by atoms with Crippen molar-refractivity contribution in [3.8, 4) is 0 Å². The van der Waals surface area contributed by atoms with Crippen molar-refractivity contribution in [2.75, 3.05) is 0 Å². The average Bonchev–Trinajstić information content (AvgIpc) is 1.99. The van der Waals surface area contributed by atoms with Gasteiger partial charge in [0.2, 0.25) is 0 Å². The molecule has 0 aliphatic rings. The zero-order chi connectivity index (χ0) is 8.43. The Hall–Kier alpha value is 0.530. The first-order valence-electron chi connectivity index (χ1n) is 2.98. The fourth-order valence-corrected chi connectivity index (χ4v) is 1.49. The Morgan fingerprint density at radius 3 is 2.00 bits per heavy atom. The lowest BCUT2D eigenvalue weighted by atomic mass is 10.2. The molecule has 0 unspecified atom stereocenters. The van der Waals surface area contributed by atoms with Gasteiger partial charge in [-0.2, -0.15) is 0 Å². The summed E-state index contributed by atoms with van der Waals surface area (Å²) in [6.07, 6.45) is 0. The van der Waals surface area contributed by atoms with Crippen molar-refractivity contribution < 1.29 is 0 Å². The molecule has 5 heteroatoms. The van der Waals surface area contributed by atoms with Crippen molar-refractivity contribution in [1.82, 2.24) is 0 Å². The maximum absolute atomic E-state index is 5.81. The summed E-state index contributed by atoms with van der Waals surface area (Å²) in [6, 6.07) is 3.58. The molecular formula is C7H7BrCl3N. The van der Waals surface area contributed by atoms with Crippen LogP contribution in [0.15, 0.2) is 16.6 Å². The van der Waals surface area contributed by atoms with E-state index in [4.69, 9.17) is 28.9 Å². The molecule has 0 aromatic heterocycles. The SMILES string of the molecule is Cl.NCc1cc(Cl)c(Br)c(Cl)c1. The molecule has 0 spiro atoms. The number of hydrogen-bond acceptors (Lipinski definition) is 1. The summed E-state index contributed by atoms with van der Waals surface area (Å²) in [6.45, 7) is 0.451. The number of halogens is 4. The Morgan fingerprint density at radius 1 is 1.25 bits per heavy atom. The molecule has 0 radical (unpaired) electrons. The smallest absolute Gasteiger partial charge is 0.0566 e. The van der Waals surface area contributed by atoms with Crippen LogP contribution >= 0.6 is 51.5 Å². The third kappa shape index (κ3) is 2.79. The van der Waals surface area contributed by atoms with E-state index in [1.807, 2.05) is 0 Å². The molecule has 1 nitrogen and oxygen atoms in total. The van der Waals surface area contributed by atoms with Gasteiger partial charge in [0, 0.05) is 6.54 Å². The van der Waals surface area contributed by atoms with Crippen molar-refractivity contribution in [2.45, 2.75) is 6.54 Å². The Kier molecular flexibility index (Phi) is 5.53. The van der Waals surface area contributed by atoms with Gasteiger partial charge in [0.25, 0.3) is 0 Å². The van der Waals surface area contributed by atoms with E-state index in [1.165, 1.54) is 0 Å². The van der Waals surface area contributed by atoms with Gasteiger partial charge in [0.05, 0.1) is 14.5 Å². The molecule has 1 aromatic carbocycles. The zero-order valence-electron chi connectivity index (χ0n) is 5.98. The number of nitrogens with two attached hydrogens (primary N) is 1. The number of benzene rings is 1. The fourth-order valence-electron chi connectivity index (χ4n) is 0.726. The second-order valence-corrected chi connectivity index (χ2v) is 3.68. The fraction of sp³-hybridized carbons (Fsp3) is 0.143. The lowest BCUT2D eigenvalue weighted by molar-refractivity contribution is 1.07. The van der Waals surface area contributed by atoms with E-state index in [1.54, 1.807) is 12.1 Å². The summed E-state index contributed by atoms with van der Waals surface area (Å²) >= 11 is 14.9. The molecule has 0 atom stereocenters. The molecule has 0 fully saturated rings. The summed E-state index contributed by atoms with van der Waals surface area (Å²) in [5, 5.41) is 1.19. The van der Waals surface area contributed by atoms with Gasteiger partial charge in [-0.25, -0.2) is 0 Å². The second-order valence-electron chi connectivity index (χ2n) is 2.08.